The van der Waals surface area contributed by atoms with Crippen molar-refractivity contribution in [3.05, 3.63) is 28.3 Å². The average Bonchev–Trinajstić information content (AvgIpc) is 2.61. The lowest BCUT2D eigenvalue weighted by molar-refractivity contribution is -0.115. The average molecular weight is 329 g/mol. The van der Waals surface area contributed by atoms with E-state index in [-0.39, 0.29) is 5.91 Å². The highest BCUT2D eigenvalue weighted by Crippen LogP contribution is 2.42. The fraction of sp³-hybridized carbons (Fsp3) is 0.500. The van der Waals surface area contributed by atoms with E-state index in [0.29, 0.717) is 11.2 Å². The van der Waals surface area contributed by atoms with Gasteiger partial charge in [0.15, 0.2) is 0 Å². The van der Waals surface area contributed by atoms with Crippen molar-refractivity contribution >= 4 is 39.1 Å². The summed E-state index contributed by atoms with van der Waals surface area (Å²) in [6.07, 6.45) is 5.65. The first-order valence-electron chi connectivity index (χ1n) is 6.39. The van der Waals surface area contributed by atoms with Gasteiger partial charge in [-0.05, 0) is 29.5 Å². The minimum absolute atomic E-state index is 0.0586. The number of anilines is 1. The minimum atomic E-state index is 0.0586. The first-order valence-corrected chi connectivity index (χ1v) is 7.69. The molecule has 0 spiro atoms. The van der Waals surface area contributed by atoms with Gasteiger partial charge in [0.1, 0.15) is 0 Å². The van der Waals surface area contributed by atoms with Gasteiger partial charge in [-0.2, -0.15) is 0 Å². The Kier molecular flexibility index (Phi) is 3.37. The SMILES string of the molecule is O=C1Cc2cc(C(Br)CC3CCC3)c(Cl)cc2N1. The summed E-state index contributed by atoms with van der Waals surface area (Å²) in [7, 11) is 0. The van der Waals surface area contributed by atoms with Gasteiger partial charge in [-0.3, -0.25) is 4.79 Å². The molecule has 1 aliphatic carbocycles. The number of benzene rings is 1. The van der Waals surface area contributed by atoms with Crippen LogP contribution < -0.4 is 5.32 Å². The van der Waals surface area contributed by atoms with Crippen LogP contribution in [0.25, 0.3) is 0 Å². The Morgan fingerprint density at radius 1 is 1.44 bits per heavy atom. The maximum Gasteiger partial charge on any atom is 0.228 e. The molecule has 1 aromatic rings. The van der Waals surface area contributed by atoms with Gasteiger partial charge in [-0.25, -0.2) is 0 Å². The summed E-state index contributed by atoms with van der Waals surface area (Å²) < 4.78 is 0. The van der Waals surface area contributed by atoms with E-state index < -0.39 is 0 Å². The Balaban J connectivity index is 1.83. The fourth-order valence-corrected chi connectivity index (χ4v) is 3.99. The lowest BCUT2D eigenvalue weighted by Crippen LogP contribution is -2.13. The number of carbonyl (C=O) groups is 1. The molecule has 0 bridgehead atoms. The largest absolute Gasteiger partial charge is 0.325 e. The number of hydrogen-bond donors (Lipinski definition) is 1. The minimum Gasteiger partial charge on any atom is -0.325 e. The molecule has 3 rings (SSSR count). The first-order chi connectivity index (χ1) is 8.63. The summed E-state index contributed by atoms with van der Waals surface area (Å²) in [5.74, 6) is 0.891. The van der Waals surface area contributed by atoms with Crippen LogP contribution in [0, 0.1) is 5.92 Å². The highest BCUT2D eigenvalue weighted by atomic mass is 79.9. The molecule has 18 heavy (non-hydrogen) atoms. The van der Waals surface area contributed by atoms with Gasteiger partial charge in [-0.1, -0.05) is 52.9 Å². The maximum absolute atomic E-state index is 11.4. The second-order valence-electron chi connectivity index (χ2n) is 5.26. The van der Waals surface area contributed by atoms with Crippen LogP contribution in [0.1, 0.15) is 41.6 Å². The number of amides is 1. The summed E-state index contributed by atoms with van der Waals surface area (Å²) in [6.45, 7) is 0. The number of rotatable bonds is 3. The molecule has 1 aliphatic heterocycles. The molecule has 4 heteroatoms. The molecule has 2 aliphatic rings. The van der Waals surface area contributed by atoms with E-state index in [1.807, 2.05) is 6.07 Å². The van der Waals surface area contributed by atoms with E-state index in [0.717, 1.165) is 34.2 Å². The number of hydrogen-bond acceptors (Lipinski definition) is 1. The van der Waals surface area contributed by atoms with Crippen molar-refractivity contribution < 1.29 is 4.79 Å². The third-order valence-electron chi connectivity index (χ3n) is 3.95. The lowest BCUT2D eigenvalue weighted by Gasteiger charge is -2.28. The van der Waals surface area contributed by atoms with Crippen molar-refractivity contribution in [2.24, 2.45) is 5.92 Å². The number of halogens is 2. The molecule has 1 N–H and O–H groups in total. The van der Waals surface area contributed by atoms with Crippen molar-refractivity contribution in [3.8, 4) is 0 Å². The number of nitrogens with one attached hydrogen (secondary N) is 1. The lowest BCUT2D eigenvalue weighted by atomic mass is 9.81. The zero-order valence-corrected chi connectivity index (χ0v) is 12.4. The standard InChI is InChI=1S/C14H15BrClNO/c15-11(4-8-2-1-3-8)10-5-9-6-14(18)17-13(9)7-12(10)16/h5,7-8,11H,1-4,6H2,(H,17,18). The predicted octanol–water partition coefficient (Wildman–Crippen LogP) is 4.46. The fourth-order valence-electron chi connectivity index (χ4n) is 2.66. The molecule has 0 aromatic heterocycles. The van der Waals surface area contributed by atoms with Crippen molar-refractivity contribution in [1.29, 1.82) is 0 Å². The van der Waals surface area contributed by atoms with Gasteiger partial charge >= 0.3 is 0 Å². The van der Waals surface area contributed by atoms with Gasteiger partial charge in [-0.15, -0.1) is 0 Å². The van der Waals surface area contributed by atoms with E-state index >= 15 is 0 Å². The quantitative estimate of drug-likeness (QED) is 0.815. The molecule has 1 unspecified atom stereocenters. The summed E-state index contributed by atoms with van der Waals surface area (Å²) >= 11 is 10.1. The summed E-state index contributed by atoms with van der Waals surface area (Å²) in [5, 5.41) is 3.58. The van der Waals surface area contributed by atoms with E-state index in [1.165, 1.54) is 19.3 Å². The van der Waals surface area contributed by atoms with Crippen LogP contribution in [0.3, 0.4) is 0 Å². The van der Waals surface area contributed by atoms with Crippen LogP contribution in [-0.4, -0.2) is 5.91 Å². The van der Waals surface area contributed by atoms with Crippen molar-refractivity contribution in [2.45, 2.75) is 36.9 Å². The molecule has 1 saturated carbocycles. The molecule has 1 atom stereocenters. The van der Waals surface area contributed by atoms with E-state index in [1.54, 1.807) is 0 Å². The smallest absolute Gasteiger partial charge is 0.228 e. The molecule has 1 heterocycles. The van der Waals surface area contributed by atoms with Gasteiger partial charge in [0.05, 0.1) is 6.42 Å². The first kappa shape index (κ1) is 12.5. The highest BCUT2D eigenvalue weighted by molar-refractivity contribution is 9.09. The summed E-state index contributed by atoms with van der Waals surface area (Å²) in [6, 6.07) is 3.96. The molecule has 0 radical (unpaired) electrons. The highest BCUT2D eigenvalue weighted by Gasteiger charge is 2.25. The summed E-state index contributed by atoms with van der Waals surface area (Å²) in [5.41, 5.74) is 3.06. The van der Waals surface area contributed by atoms with E-state index in [9.17, 15) is 4.79 Å². The van der Waals surface area contributed by atoms with Gasteiger partial charge in [0.25, 0.3) is 0 Å². The Morgan fingerprint density at radius 3 is 2.89 bits per heavy atom. The van der Waals surface area contributed by atoms with E-state index in [4.69, 9.17) is 11.6 Å². The van der Waals surface area contributed by atoms with Crippen molar-refractivity contribution in [2.75, 3.05) is 5.32 Å². The number of alkyl halides is 1. The Bertz CT molecular complexity index is 499. The van der Waals surface area contributed by atoms with Crippen molar-refractivity contribution in [3.63, 3.8) is 0 Å². The molecule has 1 amide bonds. The summed E-state index contributed by atoms with van der Waals surface area (Å²) in [4.78, 5) is 11.7. The van der Waals surface area contributed by atoms with Crippen LogP contribution in [0.2, 0.25) is 5.02 Å². The second-order valence-corrected chi connectivity index (χ2v) is 6.77. The van der Waals surface area contributed by atoms with Crippen molar-refractivity contribution in [1.82, 2.24) is 0 Å². The predicted molar refractivity (Wildman–Crippen MR) is 77.4 cm³/mol. The van der Waals surface area contributed by atoms with Crippen LogP contribution in [0.15, 0.2) is 12.1 Å². The van der Waals surface area contributed by atoms with Crippen LogP contribution in [0.4, 0.5) is 5.69 Å². The Morgan fingerprint density at radius 2 is 2.22 bits per heavy atom. The number of carbonyl (C=O) groups excluding carboxylic acids is 1. The van der Waals surface area contributed by atoms with Crippen LogP contribution >= 0.6 is 27.5 Å². The monoisotopic (exact) mass is 327 g/mol. The second kappa shape index (κ2) is 4.86. The third kappa shape index (κ3) is 2.30. The van der Waals surface area contributed by atoms with Crippen LogP contribution in [-0.2, 0) is 11.2 Å². The maximum atomic E-state index is 11.4. The topological polar surface area (TPSA) is 29.1 Å². The Hall–Kier alpha value is -0.540. The third-order valence-corrected chi connectivity index (χ3v) is 5.14. The molecule has 2 nitrogen and oxygen atoms in total. The molecule has 0 saturated heterocycles. The molecule has 1 aromatic carbocycles. The molecular weight excluding hydrogens is 314 g/mol. The Labute approximate surface area is 120 Å². The normalized spacial score (nSPS) is 20.2. The zero-order valence-electron chi connectivity index (χ0n) is 10.0. The van der Waals surface area contributed by atoms with E-state index in [2.05, 4.69) is 27.3 Å². The molecule has 1 fully saturated rings. The van der Waals surface area contributed by atoms with Gasteiger partial charge in [0, 0.05) is 15.5 Å². The van der Waals surface area contributed by atoms with Crippen LogP contribution in [0.5, 0.6) is 0 Å². The van der Waals surface area contributed by atoms with Gasteiger partial charge < -0.3 is 5.32 Å². The zero-order chi connectivity index (χ0) is 12.7. The molecule has 96 valence electrons. The number of fused-ring (bicyclic) bond motifs is 1. The van der Waals surface area contributed by atoms with Gasteiger partial charge in [0.2, 0.25) is 5.91 Å². The molecular formula is C14H15BrClNO.